The molecule has 0 amide bonds. The van der Waals surface area contributed by atoms with Crippen molar-refractivity contribution in [1.29, 1.82) is 0 Å². The van der Waals surface area contributed by atoms with Crippen molar-refractivity contribution in [1.82, 2.24) is 0 Å². The molecule has 0 unspecified atom stereocenters. The lowest BCUT2D eigenvalue weighted by Gasteiger charge is -1.96. The Balaban J connectivity index is 3.08. The minimum atomic E-state index is -0.223. The molecule has 0 rings (SSSR count). The predicted octanol–water partition coefficient (Wildman–Crippen LogP) is 2.20. The number of hydrogen-bond acceptors (Lipinski definition) is 3. The van der Waals surface area contributed by atoms with E-state index in [9.17, 15) is 4.79 Å². The molecule has 0 aliphatic heterocycles. The normalized spacial score (nSPS) is 10.6. The van der Waals surface area contributed by atoms with Gasteiger partial charge in [-0.25, -0.2) is 0 Å². The summed E-state index contributed by atoms with van der Waals surface area (Å²) < 4.78 is 4.74. The fourth-order valence-electron chi connectivity index (χ4n) is 0.891. The van der Waals surface area contributed by atoms with E-state index in [1.807, 2.05) is 6.21 Å². The van der Waals surface area contributed by atoms with E-state index in [2.05, 4.69) is 11.9 Å². The van der Waals surface area contributed by atoms with Gasteiger partial charge in [0.1, 0.15) is 0 Å². The van der Waals surface area contributed by atoms with Crippen LogP contribution in [0.15, 0.2) is 4.99 Å². The van der Waals surface area contributed by atoms with Gasteiger partial charge in [0.25, 0.3) is 0 Å². The first-order valence-corrected chi connectivity index (χ1v) is 4.89. The molecule has 0 bridgehead atoms. The summed E-state index contributed by atoms with van der Waals surface area (Å²) in [5, 5.41) is 0. The molecule has 0 heterocycles. The molecule has 13 heavy (non-hydrogen) atoms. The van der Waals surface area contributed by atoms with Crippen LogP contribution in [0.25, 0.3) is 0 Å². The molecule has 0 saturated carbocycles. The fraction of sp³-hybridized carbons (Fsp3) is 0.800. The van der Waals surface area contributed by atoms with E-state index in [1.165, 1.54) is 19.8 Å². The molecule has 3 heteroatoms. The molecule has 0 saturated heterocycles. The van der Waals surface area contributed by atoms with Crippen LogP contribution in [0.2, 0.25) is 0 Å². The summed E-state index contributed by atoms with van der Waals surface area (Å²) in [6.07, 6.45) is 6.18. The lowest BCUT2D eigenvalue weighted by atomic mass is 10.2. The Morgan fingerprint density at radius 3 is 2.85 bits per heavy atom. The van der Waals surface area contributed by atoms with Crippen LogP contribution in [-0.2, 0) is 9.53 Å². The van der Waals surface area contributed by atoms with Gasteiger partial charge < -0.3 is 4.74 Å². The Kier molecular flexibility index (Phi) is 8.62. The summed E-state index contributed by atoms with van der Waals surface area (Å²) in [7, 11) is 0. The average Bonchev–Trinajstić information content (AvgIpc) is 2.09. The Morgan fingerprint density at radius 2 is 2.23 bits per heavy atom. The number of carbonyl (C=O) groups is 1. The van der Waals surface area contributed by atoms with E-state index in [0.29, 0.717) is 6.61 Å². The summed E-state index contributed by atoms with van der Waals surface area (Å²) in [5.74, 6) is -0.223. The van der Waals surface area contributed by atoms with Gasteiger partial charge in [-0.05, 0) is 6.42 Å². The SMILES string of the molecule is CCCCCN=CCCOC(C)=O. The maximum absolute atomic E-state index is 10.4. The topological polar surface area (TPSA) is 38.7 Å². The van der Waals surface area contributed by atoms with Crippen LogP contribution in [0.3, 0.4) is 0 Å². The fourth-order valence-corrected chi connectivity index (χ4v) is 0.891. The Bertz CT molecular complexity index is 155. The maximum Gasteiger partial charge on any atom is 0.302 e. The van der Waals surface area contributed by atoms with Crippen molar-refractivity contribution < 1.29 is 9.53 Å². The Morgan fingerprint density at radius 1 is 1.46 bits per heavy atom. The molecule has 3 nitrogen and oxygen atoms in total. The van der Waals surface area contributed by atoms with Crippen LogP contribution in [0.1, 0.15) is 39.5 Å². The van der Waals surface area contributed by atoms with Gasteiger partial charge in [0.15, 0.2) is 0 Å². The summed E-state index contributed by atoms with van der Waals surface area (Å²) >= 11 is 0. The highest BCUT2D eigenvalue weighted by atomic mass is 16.5. The molecule has 0 spiro atoms. The monoisotopic (exact) mass is 185 g/mol. The van der Waals surface area contributed by atoms with E-state index in [4.69, 9.17) is 4.74 Å². The molecule has 0 radical (unpaired) electrons. The highest BCUT2D eigenvalue weighted by molar-refractivity contribution is 5.66. The van der Waals surface area contributed by atoms with Gasteiger partial charge in [0, 0.05) is 26.1 Å². The molecule has 0 aromatic rings. The number of nitrogens with zero attached hydrogens (tertiary/aromatic N) is 1. The number of unbranched alkanes of at least 4 members (excludes halogenated alkanes) is 2. The van der Waals surface area contributed by atoms with Crippen LogP contribution in [0, 0.1) is 0 Å². The Labute approximate surface area is 80.2 Å². The quantitative estimate of drug-likeness (QED) is 0.346. The van der Waals surface area contributed by atoms with Crippen molar-refractivity contribution in [3.63, 3.8) is 0 Å². The third-order valence-electron chi connectivity index (χ3n) is 1.57. The minimum Gasteiger partial charge on any atom is -0.465 e. The minimum absolute atomic E-state index is 0.223. The summed E-state index contributed by atoms with van der Waals surface area (Å²) in [6, 6.07) is 0. The average molecular weight is 185 g/mol. The highest BCUT2D eigenvalue weighted by Crippen LogP contribution is 1.93. The zero-order valence-corrected chi connectivity index (χ0v) is 8.58. The lowest BCUT2D eigenvalue weighted by Crippen LogP contribution is -2.00. The summed E-state index contributed by atoms with van der Waals surface area (Å²) in [6.45, 7) is 4.93. The van der Waals surface area contributed by atoms with Crippen molar-refractivity contribution in [3.05, 3.63) is 0 Å². The lowest BCUT2D eigenvalue weighted by molar-refractivity contribution is -0.140. The molecule has 0 aromatic carbocycles. The van der Waals surface area contributed by atoms with Gasteiger partial charge in [-0.1, -0.05) is 19.8 Å². The van der Waals surface area contributed by atoms with Crippen molar-refractivity contribution in [3.8, 4) is 0 Å². The van der Waals surface area contributed by atoms with Gasteiger partial charge in [0.05, 0.1) is 6.61 Å². The molecule has 0 aromatic heterocycles. The molecule has 0 aliphatic rings. The first-order valence-electron chi connectivity index (χ1n) is 4.89. The summed E-state index contributed by atoms with van der Waals surface area (Å²) in [5.41, 5.74) is 0. The zero-order chi connectivity index (χ0) is 9.94. The van der Waals surface area contributed by atoms with Gasteiger partial charge in [-0.2, -0.15) is 0 Å². The smallest absolute Gasteiger partial charge is 0.302 e. The predicted molar refractivity (Wildman–Crippen MR) is 54.1 cm³/mol. The van der Waals surface area contributed by atoms with Crippen molar-refractivity contribution >= 4 is 12.2 Å². The second kappa shape index (κ2) is 9.23. The van der Waals surface area contributed by atoms with E-state index >= 15 is 0 Å². The second-order valence-electron chi connectivity index (χ2n) is 2.92. The number of aliphatic imine (C=N–C) groups is 1. The van der Waals surface area contributed by atoms with Crippen LogP contribution >= 0.6 is 0 Å². The maximum atomic E-state index is 10.4. The van der Waals surface area contributed by atoms with E-state index in [1.54, 1.807) is 0 Å². The number of hydrogen-bond donors (Lipinski definition) is 0. The van der Waals surface area contributed by atoms with Crippen LogP contribution in [0.5, 0.6) is 0 Å². The third-order valence-corrected chi connectivity index (χ3v) is 1.57. The first-order chi connectivity index (χ1) is 6.27. The number of esters is 1. The molecule has 0 aliphatic carbocycles. The summed E-state index contributed by atoms with van der Waals surface area (Å²) in [4.78, 5) is 14.5. The molecular formula is C10H19NO2. The van der Waals surface area contributed by atoms with E-state index < -0.39 is 0 Å². The molecule has 76 valence electrons. The van der Waals surface area contributed by atoms with E-state index in [-0.39, 0.29) is 5.97 Å². The highest BCUT2D eigenvalue weighted by Gasteiger charge is 1.88. The van der Waals surface area contributed by atoms with Crippen molar-refractivity contribution in [2.75, 3.05) is 13.2 Å². The van der Waals surface area contributed by atoms with Gasteiger partial charge >= 0.3 is 5.97 Å². The van der Waals surface area contributed by atoms with Gasteiger partial charge in [-0.3, -0.25) is 9.79 Å². The molecule has 0 atom stereocenters. The third kappa shape index (κ3) is 11.1. The first kappa shape index (κ1) is 12.1. The van der Waals surface area contributed by atoms with Crippen LogP contribution < -0.4 is 0 Å². The van der Waals surface area contributed by atoms with E-state index in [0.717, 1.165) is 19.4 Å². The molecule has 0 fully saturated rings. The largest absolute Gasteiger partial charge is 0.465 e. The van der Waals surface area contributed by atoms with Crippen molar-refractivity contribution in [2.45, 2.75) is 39.5 Å². The second-order valence-corrected chi connectivity index (χ2v) is 2.92. The number of ether oxygens (including phenoxy) is 1. The number of rotatable bonds is 7. The number of carbonyl (C=O) groups excluding carboxylic acids is 1. The van der Waals surface area contributed by atoms with Crippen LogP contribution in [-0.4, -0.2) is 25.3 Å². The Hall–Kier alpha value is -0.860. The van der Waals surface area contributed by atoms with Crippen LogP contribution in [0.4, 0.5) is 0 Å². The zero-order valence-electron chi connectivity index (χ0n) is 8.58. The van der Waals surface area contributed by atoms with Gasteiger partial charge in [0.2, 0.25) is 0 Å². The van der Waals surface area contributed by atoms with Crippen molar-refractivity contribution in [2.24, 2.45) is 4.99 Å². The molecular weight excluding hydrogens is 166 g/mol. The van der Waals surface area contributed by atoms with Gasteiger partial charge in [-0.15, -0.1) is 0 Å². The standard InChI is InChI=1S/C10H19NO2/c1-3-4-5-7-11-8-6-9-13-10(2)12/h8H,3-7,9H2,1-2H3. The molecule has 0 N–H and O–H groups in total.